The Hall–Kier alpha value is -2.08. The molecule has 6 heteroatoms. The molecular formula is C14H15FN2O2S. The highest BCUT2D eigenvalue weighted by molar-refractivity contribution is 7.92. The number of nitrogens with one attached hydrogen (secondary N) is 2. The molecule has 0 saturated carbocycles. The number of benzene rings is 2. The van der Waals surface area contributed by atoms with Crippen molar-refractivity contribution in [3.63, 3.8) is 0 Å². The molecule has 0 aromatic heterocycles. The summed E-state index contributed by atoms with van der Waals surface area (Å²) in [5.74, 6) is -0.293. The van der Waals surface area contributed by atoms with Gasteiger partial charge in [-0.3, -0.25) is 4.72 Å². The van der Waals surface area contributed by atoms with E-state index in [9.17, 15) is 12.8 Å². The lowest BCUT2D eigenvalue weighted by Gasteiger charge is -2.09. The molecule has 2 aromatic rings. The minimum Gasteiger partial charge on any atom is -0.355 e. The van der Waals surface area contributed by atoms with Gasteiger partial charge in [0.1, 0.15) is 5.82 Å². The van der Waals surface area contributed by atoms with Gasteiger partial charge in [-0.2, -0.15) is 0 Å². The van der Waals surface area contributed by atoms with Crippen molar-refractivity contribution in [1.82, 2.24) is 0 Å². The SMILES string of the molecule is CCS(=O)(=O)Nc1ccc(Nc2cccc(F)c2)cc1. The van der Waals surface area contributed by atoms with Gasteiger partial charge in [0.2, 0.25) is 10.0 Å². The van der Waals surface area contributed by atoms with Crippen molar-refractivity contribution < 1.29 is 12.8 Å². The molecule has 0 saturated heterocycles. The van der Waals surface area contributed by atoms with Crippen molar-refractivity contribution in [2.75, 3.05) is 15.8 Å². The van der Waals surface area contributed by atoms with Crippen molar-refractivity contribution >= 4 is 27.1 Å². The minimum atomic E-state index is -3.27. The van der Waals surface area contributed by atoms with Gasteiger partial charge in [-0.05, 0) is 49.4 Å². The Balaban J connectivity index is 2.09. The standard InChI is InChI=1S/C14H15FN2O2S/c1-2-20(18,19)17-13-8-6-12(7-9-13)16-14-5-3-4-11(15)10-14/h3-10,16-17H,2H2,1H3. The average molecular weight is 294 g/mol. The van der Waals surface area contributed by atoms with Gasteiger partial charge in [0.05, 0.1) is 5.75 Å². The molecule has 0 fully saturated rings. The largest absolute Gasteiger partial charge is 0.355 e. The zero-order valence-corrected chi connectivity index (χ0v) is 11.7. The van der Waals surface area contributed by atoms with Gasteiger partial charge in [-0.25, -0.2) is 12.8 Å². The number of hydrogen-bond donors (Lipinski definition) is 2. The number of rotatable bonds is 5. The highest BCUT2D eigenvalue weighted by Crippen LogP contribution is 2.20. The number of sulfonamides is 1. The third-order valence-electron chi connectivity index (χ3n) is 2.65. The lowest BCUT2D eigenvalue weighted by molar-refractivity contribution is 0.602. The summed E-state index contributed by atoms with van der Waals surface area (Å²) >= 11 is 0. The first-order valence-corrected chi connectivity index (χ1v) is 7.77. The normalized spacial score (nSPS) is 11.1. The Kier molecular flexibility index (Phi) is 4.24. The van der Waals surface area contributed by atoms with Crippen LogP contribution < -0.4 is 10.0 Å². The van der Waals surface area contributed by atoms with E-state index in [1.165, 1.54) is 12.1 Å². The van der Waals surface area contributed by atoms with Crippen molar-refractivity contribution in [3.05, 3.63) is 54.3 Å². The summed E-state index contributed by atoms with van der Waals surface area (Å²) in [4.78, 5) is 0. The maximum absolute atomic E-state index is 13.0. The van der Waals surface area contributed by atoms with Crippen molar-refractivity contribution in [1.29, 1.82) is 0 Å². The average Bonchev–Trinajstić information content (AvgIpc) is 2.41. The zero-order valence-electron chi connectivity index (χ0n) is 10.9. The van der Waals surface area contributed by atoms with Crippen LogP contribution in [-0.4, -0.2) is 14.2 Å². The molecule has 0 aliphatic carbocycles. The van der Waals surface area contributed by atoms with Crippen LogP contribution in [0.4, 0.5) is 21.5 Å². The van der Waals surface area contributed by atoms with E-state index in [2.05, 4.69) is 10.0 Å². The van der Waals surface area contributed by atoms with E-state index in [0.29, 0.717) is 11.4 Å². The van der Waals surface area contributed by atoms with Crippen LogP contribution in [0, 0.1) is 5.82 Å². The van der Waals surface area contributed by atoms with Gasteiger partial charge in [0.15, 0.2) is 0 Å². The van der Waals surface area contributed by atoms with E-state index in [4.69, 9.17) is 0 Å². The van der Waals surface area contributed by atoms with Crippen LogP contribution >= 0.6 is 0 Å². The molecule has 20 heavy (non-hydrogen) atoms. The van der Waals surface area contributed by atoms with Crippen molar-refractivity contribution in [2.24, 2.45) is 0 Å². The van der Waals surface area contributed by atoms with Crippen LogP contribution in [0.25, 0.3) is 0 Å². The Morgan fingerprint density at radius 2 is 1.65 bits per heavy atom. The topological polar surface area (TPSA) is 58.2 Å². The molecule has 0 bridgehead atoms. The highest BCUT2D eigenvalue weighted by Gasteiger charge is 2.06. The molecule has 0 atom stereocenters. The van der Waals surface area contributed by atoms with Crippen LogP contribution in [-0.2, 0) is 10.0 Å². The molecular weight excluding hydrogens is 279 g/mol. The number of anilines is 3. The summed E-state index contributed by atoms with van der Waals surface area (Å²) < 4.78 is 38.3. The second kappa shape index (κ2) is 5.92. The highest BCUT2D eigenvalue weighted by atomic mass is 32.2. The van der Waals surface area contributed by atoms with Crippen LogP contribution in [0.3, 0.4) is 0 Å². The molecule has 0 amide bonds. The summed E-state index contributed by atoms with van der Waals surface area (Å²) in [5.41, 5.74) is 1.87. The lowest BCUT2D eigenvalue weighted by atomic mass is 10.2. The van der Waals surface area contributed by atoms with E-state index in [0.717, 1.165) is 5.69 Å². The van der Waals surface area contributed by atoms with Crippen LogP contribution in [0.15, 0.2) is 48.5 Å². The molecule has 0 heterocycles. The van der Waals surface area contributed by atoms with Gasteiger partial charge in [0.25, 0.3) is 0 Å². The fourth-order valence-corrected chi connectivity index (χ4v) is 2.25. The maximum Gasteiger partial charge on any atom is 0.232 e. The molecule has 2 rings (SSSR count). The molecule has 4 nitrogen and oxygen atoms in total. The van der Waals surface area contributed by atoms with Crippen LogP contribution in [0.5, 0.6) is 0 Å². The Bertz CT molecular complexity index is 685. The van der Waals surface area contributed by atoms with Gasteiger partial charge in [-0.15, -0.1) is 0 Å². The number of halogens is 1. The van der Waals surface area contributed by atoms with E-state index >= 15 is 0 Å². The number of hydrogen-bond acceptors (Lipinski definition) is 3. The monoisotopic (exact) mass is 294 g/mol. The van der Waals surface area contributed by atoms with Crippen molar-refractivity contribution in [2.45, 2.75) is 6.92 Å². The van der Waals surface area contributed by atoms with E-state index in [1.807, 2.05) is 0 Å². The van der Waals surface area contributed by atoms with E-state index in [-0.39, 0.29) is 11.6 Å². The molecule has 0 unspecified atom stereocenters. The molecule has 2 aromatic carbocycles. The van der Waals surface area contributed by atoms with Gasteiger partial charge in [-0.1, -0.05) is 6.07 Å². The molecule has 2 N–H and O–H groups in total. The summed E-state index contributed by atoms with van der Waals surface area (Å²) in [5, 5.41) is 3.03. The molecule has 0 spiro atoms. The molecule has 0 aliphatic rings. The third-order valence-corrected chi connectivity index (χ3v) is 3.96. The maximum atomic E-state index is 13.0. The van der Waals surface area contributed by atoms with Crippen molar-refractivity contribution in [3.8, 4) is 0 Å². The zero-order chi connectivity index (χ0) is 14.6. The minimum absolute atomic E-state index is 0.0241. The smallest absolute Gasteiger partial charge is 0.232 e. The summed E-state index contributed by atoms with van der Waals surface area (Å²) in [6.45, 7) is 1.57. The Morgan fingerprint density at radius 1 is 1.00 bits per heavy atom. The van der Waals surface area contributed by atoms with Crippen LogP contribution in [0.2, 0.25) is 0 Å². The lowest BCUT2D eigenvalue weighted by Crippen LogP contribution is -2.14. The second-order valence-corrected chi connectivity index (χ2v) is 6.23. The second-order valence-electron chi connectivity index (χ2n) is 4.22. The van der Waals surface area contributed by atoms with Gasteiger partial charge < -0.3 is 5.32 Å². The summed E-state index contributed by atoms with van der Waals surface area (Å²) in [6.07, 6.45) is 0. The van der Waals surface area contributed by atoms with Crippen LogP contribution in [0.1, 0.15) is 6.92 Å². The van der Waals surface area contributed by atoms with Gasteiger partial charge in [0, 0.05) is 17.1 Å². The third kappa shape index (κ3) is 3.96. The predicted molar refractivity (Wildman–Crippen MR) is 79.2 cm³/mol. The summed E-state index contributed by atoms with van der Waals surface area (Å²) in [7, 11) is -3.27. The van der Waals surface area contributed by atoms with E-state index < -0.39 is 10.0 Å². The first-order valence-electron chi connectivity index (χ1n) is 6.11. The Morgan fingerprint density at radius 3 is 2.25 bits per heavy atom. The van der Waals surface area contributed by atoms with E-state index in [1.54, 1.807) is 43.3 Å². The van der Waals surface area contributed by atoms with Gasteiger partial charge >= 0.3 is 0 Å². The predicted octanol–water partition coefficient (Wildman–Crippen LogP) is 3.33. The first kappa shape index (κ1) is 14.3. The molecule has 106 valence electrons. The first-order chi connectivity index (χ1) is 9.48. The Labute approximate surface area is 117 Å². The summed E-state index contributed by atoms with van der Waals surface area (Å²) in [6, 6.07) is 12.8. The molecule has 0 radical (unpaired) electrons. The fraction of sp³-hybridized carbons (Fsp3) is 0.143. The fourth-order valence-electron chi connectivity index (χ4n) is 1.61. The quantitative estimate of drug-likeness (QED) is 0.889. The molecule has 0 aliphatic heterocycles.